The first-order valence-corrected chi connectivity index (χ1v) is 12.0. The van der Waals surface area contributed by atoms with Crippen molar-refractivity contribution in [3.8, 4) is 0 Å². The SMILES string of the molecule is Cc1cc(C)c(S(=O)N[C@@H](CNC(=O)c2ccc(CCCN=C(N)N)s2)C(=O)O)c(C)c1. The first kappa shape index (κ1) is 25.5. The van der Waals surface area contributed by atoms with E-state index in [-0.39, 0.29) is 18.4 Å². The first-order valence-electron chi connectivity index (χ1n) is 9.99. The molecule has 0 bridgehead atoms. The minimum absolute atomic E-state index is 0.0477. The molecule has 32 heavy (non-hydrogen) atoms. The van der Waals surface area contributed by atoms with Crippen molar-refractivity contribution >= 4 is 40.2 Å². The van der Waals surface area contributed by atoms with E-state index in [4.69, 9.17) is 11.5 Å². The molecule has 1 heterocycles. The van der Waals surface area contributed by atoms with E-state index in [9.17, 15) is 18.9 Å². The third-order valence-electron chi connectivity index (χ3n) is 4.57. The lowest BCUT2D eigenvalue weighted by Crippen LogP contribution is -2.46. The van der Waals surface area contributed by atoms with Crippen LogP contribution in [0, 0.1) is 20.8 Å². The number of nitrogens with two attached hydrogens (primary N) is 2. The Hall–Kier alpha value is -2.76. The monoisotopic (exact) mass is 479 g/mol. The van der Waals surface area contributed by atoms with E-state index < -0.39 is 23.0 Å². The molecular weight excluding hydrogens is 450 g/mol. The van der Waals surface area contributed by atoms with Gasteiger partial charge in [0.15, 0.2) is 5.96 Å². The van der Waals surface area contributed by atoms with Gasteiger partial charge in [0, 0.05) is 18.0 Å². The van der Waals surface area contributed by atoms with Crippen molar-refractivity contribution < 1.29 is 18.9 Å². The highest BCUT2D eigenvalue weighted by Crippen LogP contribution is 2.20. The number of aliphatic carboxylic acids is 1. The molecule has 0 fully saturated rings. The summed E-state index contributed by atoms with van der Waals surface area (Å²) in [5.41, 5.74) is 13.2. The Morgan fingerprint density at radius 2 is 1.84 bits per heavy atom. The number of carbonyl (C=O) groups excluding carboxylic acids is 1. The van der Waals surface area contributed by atoms with Gasteiger partial charge in [0.25, 0.3) is 5.91 Å². The van der Waals surface area contributed by atoms with E-state index in [1.165, 1.54) is 11.3 Å². The molecule has 11 heteroatoms. The molecule has 1 unspecified atom stereocenters. The number of nitrogens with zero attached hydrogens (tertiary/aromatic N) is 1. The number of rotatable bonds is 11. The van der Waals surface area contributed by atoms with Crippen LogP contribution in [0.4, 0.5) is 0 Å². The van der Waals surface area contributed by atoms with E-state index in [1.807, 2.05) is 39.0 Å². The number of thiophene rings is 1. The zero-order chi connectivity index (χ0) is 23.8. The minimum Gasteiger partial charge on any atom is -0.480 e. The molecule has 2 aromatic rings. The summed E-state index contributed by atoms with van der Waals surface area (Å²) in [6.45, 7) is 5.90. The van der Waals surface area contributed by atoms with Gasteiger partial charge in [-0.2, -0.15) is 0 Å². The number of carbonyl (C=O) groups is 2. The number of nitrogens with one attached hydrogen (secondary N) is 2. The van der Waals surface area contributed by atoms with Gasteiger partial charge < -0.3 is 21.9 Å². The molecule has 0 aliphatic carbocycles. The topological polar surface area (TPSA) is 160 Å². The zero-order valence-electron chi connectivity index (χ0n) is 18.3. The lowest BCUT2D eigenvalue weighted by atomic mass is 10.1. The number of carboxylic acids is 1. The number of guanidine groups is 1. The van der Waals surface area contributed by atoms with Crippen LogP contribution in [0.5, 0.6) is 0 Å². The molecule has 1 aromatic heterocycles. The first-order chi connectivity index (χ1) is 15.1. The Morgan fingerprint density at radius 1 is 1.19 bits per heavy atom. The van der Waals surface area contributed by atoms with Gasteiger partial charge in [-0.15, -0.1) is 11.3 Å². The fourth-order valence-electron chi connectivity index (χ4n) is 3.20. The highest BCUT2D eigenvalue weighted by atomic mass is 32.2. The second-order valence-corrected chi connectivity index (χ2v) is 9.74. The van der Waals surface area contributed by atoms with E-state index in [0.717, 1.165) is 34.4 Å². The lowest BCUT2D eigenvalue weighted by molar-refractivity contribution is -0.138. The fourth-order valence-corrected chi connectivity index (χ4v) is 5.43. The van der Waals surface area contributed by atoms with Crippen molar-refractivity contribution in [2.45, 2.75) is 44.6 Å². The van der Waals surface area contributed by atoms with Crippen LogP contribution in [-0.4, -0.2) is 46.3 Å². The molecule has 0 spiro atoms. The molecular formula is C21H29N5O4S2. The average molecular weight is 480 g/mol. The molecule has 1 amide bonds. The summed E-state index contributed by atoms with van der Waals surface area (Å²) in [4.78, 5) is 30.1. The Morgan fingerprint density at radius 3 is 2.44 bits per heavy atom. The Balaban J connectivity index is 1.95. The third kappa shape index (κ3) is 7.43. The predicted octanol–water partition coefficient (Wildman–Crippen LogP) is 1.37. The second kappa shape index (κ2) is 11.7. The fraction of sp³-hybridized carbons (Fsp3) is 0.381. The Kier molecular flexibility index (Phi) is 9.36. The minimum atomic E-state index is -1.74. The molecule has 0 saturated carbocycles. The van der Waals surface area contributed by atoms with Crippen LogP contribution in [0.15, 0.2) is 34.2 Å². The number of aryl methyl sites for hydroxylation is 4. The predicted molar refractivity (Wildman–Crippen MR) is 127 cm³/mol. The second-order valence-electron chi connectivity index (χ2n) is 7.39. The van der Waals surface area contributed by atoms with E-state index >= 15 is 0 Å². The van der Waals surface area contributed by atoms with Crippen molar-refractivity contribution in [2.75, 3.05) is 13.1 Å². The number of benzene rings is 1. The van der Waals surface area contributed by atoms with Crippen LogP contribution in [0.3, 0.4) is 0 Å². The summed E-state index contributed by atoms with van der Waals surface area (Å²) in [5, 5.41) is 12.1. The summed E-state index contributed by atoms with van der Waals surface area (Å²) in [6, 6.07) is 6.12. The van der Waals surface area contributed by atoms with E-state index in [1.54, 1.807) is 6.07 Å². The van der Waals surface area contributed by atoms with Crippen molar-refractivity contribution in [2.24, 2.45) is 16.5 Å². The smallest absolute Gasteiger partial charge is 0.323 e. The third-order valence-corrected chi connectivity index (χ3v) is 7.22. The van der Waals surface area contributed by atoms with Crippen LogP contribution in [0.25, 0.3) is 0 Å². The maximum absolute atomic E-state index is 12.8. The van der Waals surface area contributed by atoms with Crippen molar-refractivity contribution in [1.82, 2.24) is 10.0 Å². The average Bonchev–Trinajstić information content (AvgIpc) is 3.16. The quantitative estimate of drug-likeness (QED) is 0.186. The maximum atomic E-state index is 12.8. The van der Waals surface area contributed by atoms with Crippen LogP contribution in [0.1, 0.15) is 37.7 Å². The molecule has 174 valence electrons. The zero-order valence-corrected chi connectivity index (χ0v) is 19.9. The number of hydrogen-bond donors (Lipinski definition) is 5. The maximum Gasteiger partial charge on any atom is 0.323 e. The highest BCUT2D eigenvalue weighted by molar-refractivity contribution is 7.83. The van der Waals surface area contributed by atoms with E-state index in [2.05, 4.69) is 15.0 Å². The van der Waals surface area contributed by atoms with Crippen LogP contribution >= 0.6 is 11.3 Å². The van der Waals surface area contributed by atoms with Gasteiger partial charge in [0.05, 0.1) is 9.77 Å². The Labute approximate surface area is 193 Å². The standard InChI is InChI=1S/C21H29N5O4S2/c1-12-9-13(2)18(14(3)10-12)32(30)26-16(20(28)29)11-25-19(27)17-7-6-15(31-17)5-4-8-24-21(22)23/h6-7,9-10,16,26H,4-5,8,11H2,1-3H3,(H,25,27)(H,28,29)(H4,22,23,24)/t16-,32?/m0/s1. The number of aliphatic imine (C=N–C) groups is 1. The molecule has 0 saturated heterocycles. The largest absolute Gasteiger partial charge is 0.480 e. The van der Waals surface area contributed by atoms with Gasteiger partial charge >= 0.3 is 5.97 Å². The lowest BCUT2D eigenvalue weighted by Gasteiger charge is -2.17. The summed E-state index contributed by atoms with van der Waals surface area (Å²) >= 11 is 1.33. The van der Waals surface area contributed by atoms with Gasteiger partial charge in [-0.05, 0) is 56.9 Å². The summed E-state index contributed by atoms with van der Waals surface area (Å²) < 4.78 is 15.4. The van der Waals surface area contributed by atoms with Crippen molar-refractivity contribution in [1.29, 1.82) is 0 Å². The molecule has 1 aromatic carbocycles. The van der Waals surface area contributed by atoms with Gasteiger partial charge in [-0.25, -0.2) is 8.93 Å². The Bertz CT molecular complexity index is 1010. The number of amides is 1. The van der Waals surface area contributed by atoms with Crippen LogP contribution in [0.2, 0.25) is 0 Å². The van der Waals surface area contributed by atoms with Crippen LogP contribution < -0.4 is 21.5 Å². The number of hydrogen-bond acceptors (Lipinski definition) is 5. The van der Waals surface area contributed by atoms with Crippen molar-refractivity contribution in [3.05, 3.63) is 50.7 Å². The molecule has 2 rings (SSSR count). The molecule has 2 atom stereocenters. The van der Waals surface area contributed by atoms with Gasteiger partial charge in [-0.3, -0.25) is 14.6 Å². The molecule has 9 nitrogen and oxygen atoms in total. The van der Waals surface area contributed by atoms with Gasteiger partial charge in [0.1, 0.15) is 17.0 Å². The molecule has 7 N–H and O–H groups in total. The summed E-state index contributed by atoms with van der Waals surface area (Å²) in [6.07, 6.45) is 1.47. The van der Waals surface area contributed by atoms with E-state index in [0.29, 0.717) is 16.3 Å². The number of carboxylic acid groups (broad SMARTS) is 1. The van der Waals surface area contributed by atoms with Gasteiger partial charge in [0.2, 0.25) is 0 Å². The molecule has 0 aliphatic rings. The summed E-state index contributed by atoms with van der Waals surface area (Å²) in [7, 11) is -1.74. The van der Waals surface area contributed by atoms with Crippen molar-refractivity contribution in [3.63, 3.8) is 0 Å². The normalized spacial score (nSPS) is 12.7. The highest BCUT2D eigenvalue weighted by Gasteiger charge is 2.23. The molecule has 0 aliphatic heterocycles. The van der Waals surface area contributed by atoms with Crippen LogP contribution in [-0.2, 0) is 22.2 Å². The van der Waals surface area contributed by atoms with Gasteiger partial charge in [-0.1, -0.05) is 17.7 Å². The molecule has 0 radical (unpaired) electrons. The summed E-state index contributed by atoms with van der Waals surface area (Å²) in [5.74, 6) is -1.54.